The van der Waals surface area contributed by atoms with Gasteiger partial charge in [0.05, 0.1) is 18.2 Å². The van der Waals surface area contributed by atoms with E-state index < -0.39 is 6.04 Å². The van der Waals surface area contributed by atoms with Crippen molar-refractivity contribution in [2.45, 2.75) is 58.4 Å². The fraction of sp³-hybridized carbons (Fsp3) is 0.583. The second-order valence-electron chi connectivity index (χ2n) is 9.23. The number of likely N-dealkylation sites (tertiary alicyclic amines) is 1. The summed E-state index contributed by atoms with van der Waals surface area (Å²) in [6, 6.07) is 7.46. The second kappa shape index (κ2) is 9.21. The fourth-order valence-corrected chi connectivity index (χ4v) is 4.15. The molecule has 0 radical (unpaired) electrons. The number of nitrogens with one attached hydrogen (secondary N) is 1. The highest BCUT2D eigenvalue weighted by atomic mass is 16.5. The van der Waals surface area contributed by atoms with Crippen LogP contribution in [0.25, 0.3) is 0 Å². The summed E-state index contributed by atoms with van der Waals surface area (Å²) >= 11 is 0. The molecule has 0 spiro atoms. The van der Waals surface area contributed by atoms with Gasteiger partial charge in [0, 0.05) is 19.3 Å². The van der Waals surface area contributed by atoms with Gasteiger partial charge in [-0.1, -0.05) is 51.5 Å². The van der Waals surface area contributed by atoms with Gasteiger partial charge in [-0.25, -0.2) is 9.59 Å². The highest BCUT2D eigenvalue weighted by Crippen LogP contribution is 2.33. The molecule has 2 aliphatic rings. The van der Waals surface area contributed by atoms with Crippen molar-refractivity contribution < 1.29 is 14.3 Å². The van der Waals surface area contributed by atoms with Crippen LogP contribution in [0.2, 0.25) is 0 Å². The highest BCUT2D eigenvalue weighted by molar-refractivity contribution is 5.95. The molecule has 3 rings (SSSR count). The number of piperidine rings is 1. The Morgan fingerprint density at radius 2 is 1.77 bits per heavy atom. The molecule has 6 nitrogen and oxygen atoms in total. The third-order valence-corrected chi connectivity index (χ3v) is 6.00. The zero-order valence-corrected chi connectivity index (χ0v) is 19.0. The number of rotatable bonds is 5. The summed E-state index contributed by atoms with van der Waals surface area (Å²) in [6.07, 6.45) is 3.53. The van der Waals surface area contributed by atoms with Crippen LogP contribution in [-0.4, -0.2) is 55.1 Å². The molecule has 1 fully saturated rings. The minimum absolute atomic E-state index is 0.0355. The van der Waals surface area contributed by atoms with Crippen LogP contribution in [0.15, 0.2) is 35.5 Å². The molecule has 1 saturated heterocycles. The normalized spacial score (nSPS) is 20.9. The number of amides is 2. The molecule has 1 aromatic carbocycles. The number of urea groups is 1. The number of ether oxygens (including phenoxy) is 1. The van der Waals surface area contributed by atoms with E-state index in [1.807, 2.05) is 12.1 Å². The van der Waals surface area contributed by atoms with E-state index in [4.69, 9.17) is 4.74 Å². The SMILES string of the molecule is CCOC(=O)C1=C(CN2CCCCC2)N(C)C(=O)NC1c1ccc(C(C)(C)C)cc1. The maximum atomic E-state index is 13.0. The molecular weight excluding hydrogens is 378 g/mol. The first-order valence-electron chi connectivity index (χ1n) is 11.0. The van der Waals surface area contributed by atoms with Gasteiger partial charge >= 0.3 is 12.0 Å². The topological polar surface area (TPSA) is 61.9 Å². The molecule has 0 saturated carbocycles. The molecule has 30 heavy (non-hydrogen) atoms. The van der Waals surface area contributed by atoms with Gasteiger partial charge in [0.1, 0.15) is 0 Å². The van der Waals surface area contributed by atoms with Gasteiger partial charge < -0.3 is 10.1 Å². The van der Waals surface area contributed by atoms with Crippen LogP contribution in [0.4, 0.5) is 4.79 Å². The predicted molar refractivity (Wildman–Crippen MR) is 118 cm³/mol. The Morgan fingerprint density at radius 1 is 1.13 bits per heavy atom. The maximum Gasteiger partial charge on any atom is 0.338 e. The number of benzene rings is 1. The van der Waals surface area contributed by atoms with E-state index in [2.05, 4.69) is 43.1 Å². The van der Waals surface area contributed by atoms with Crippen LogP contribution >= 0.6 is 0 Å². The summed E-state index contributed by atoms with van der Waals surface area (Å²) in [6.45, 7) is 11.2. The third kappa shape index (κ3) is 4.86. The van der Waals surface area contributed by atoms with Crippen molar-refractivity contribution in [1.29, 1.82) is 0 Å². The molecule has 0 bridgehead atoms. The average molecular weight is 414 g/mol. The first kappa shape index (κ1) is 22.3. The lowest BCUT2D eigenvalue weighted by Gasteiger charge is -2.37. The number of hydrogen-bond acceptors (Lipinski definition) is 4. The molecule has 1 N–H and O–H groups in total. The van der Waals surface area contributed by atoms with Gasteiger partial charge in [0.15, 0.2) is 0 Å². The number of nitrogens with zero attached hydrogens (tertiary/aromatic N) is 2. The minimum Gasteiger partial charge on any atom is -0.463 e. The van der Waals surface area contributed by atoms with Crippen LogP contribution in [0.5, 0.6) is 0 Å². The Bertz CT molecular complexity index is 802. The van der Waals surface area contributed by atoms with Crippen LogP contribution < -0.4 is 5.32 Å². The lowest BCUT2D eigenvalue weighted by Crippen LogP contribution is -2.49. The van der Waals surface area contributed by atoms with Crippen molar-refractivity contribution >= 4 is 12.0 Å². The number of hydrogen-bond donors (Lipinski definition) is 1. The quantitative estimate of drug-likeness (QED) is 0.742. The Balaban J connectivity index is 2.02. The van der Waals surface area contributed by atoms with Crippen LogP contribution in [0.1, 0.15) is 64.1 Å². The van der Waals surface area contributed by atoms with Gasteiger partial charge in [0.2, 0.25) is 0 Å². The predicted octanol–water partition coefficient (Wildman–Crippen LogP) is 3.98. The third-order valence-electron chi connectivity index (χ3n) is 6.00. The van der Waals surface area contributed by atoms with Gasteiger partial charge in [-0.15, -0.1) is 0 Å². The van der Waals surface area contributed by atoms with Crippen LogP contribution in [-0.2, 0) is 14.9 Å². The van der Waals surface area contributed by atoms with E-state index in [1.165, 1.54) is 12.0 Å². The van der Waals surface area contributed by atoms with Gasteiger partial charge in [-0.05, 0) is 49.4 Å². The zero-order valence-electron chi connectivity index (χ0n) is 19.0. The minimum atomic E-state index is -0.512. The number of likely N-dealkylation sites (N-methyl/N-ethyl adjacent to an activating group) is 1. The summed E-state index contributed by atoms with van der Waals surface area (Å²) in [5.41, 5.74) is 3.41. The molecule has 2 amide bonds. The van der Waals surface area contributed by atoms with E-state index in [9.17, 15) is 9.59 Å². The Labute approximate surface area is 180 Å². The van der Waals surface area contributed by atoms with Gasteiger partial charge in [-0.2, -0.15) is 0 Å². The van der Waals surface area contributed by atoms with Crippen LogP contribution in [0, 0.1) is 0 Å². The van der Waals surface area contributed by atoms with Crippen molar-refractivity contribution in [3.63, 3.8) is 0 Å². The molecule has 1 aromatic rings. The monoisotopic (exact) mass is 413 g/mol. The van der Waals surface area contributed by atoms with Gasteiger partial charge in [0.25, 0.3) is 0 Å². The standard InChI is InChI=1S/C24H35N3O3/c1-6-30-22(28)20-19(16-27-14-8-7-9-15-27)26(5)23(29)25-21(20)17-10-12-18(13-11-17)24(2,3)4/h10-13,21H,6-9,14-16H2,1-5H3,(H,25,29). The lowest BCUT2D eigenvalue weighted by atomic mass is 9.85. The summed E-state index contributed by atoms with van der Waals surface area (Å²) in [5.74, 6) is -0.360. The number of carbonyl (C=O) groups is 2. The summed E-state index contributed by atoms with van der Waals surface area (Å²) in [7, 11) is 1.73. The first-order valence-corrected chi connectivity index (χ1v) is 11.0. The van der Waals surface area contributed by atoms with E-state index in [0.717, 1.165) is 37.2 Å². The van der Waals surface area contributed by atoms with E-state index in [0.29, 0.717) is 18.7 Å². The fourth-order valence-electron chi connectivity index (χ4n) is 4.15. The molecular formula is C24H35N3O3. The molecule has 1 atom stereocenters. The Kier molecular flexibility index (Phi) is 6.86. The van der Waals surface area contributed by atoms with E-state index in [-0.39, 0.29) is 17.4 Å². The van der Waals surface area contributed by atoms with Crippen molar-refractivity contribution in [1.82, 2.24) is 15.1 Å². The molecule has 164 valence electrons. The molecule has 0 aromatic heterocycles. The second-order valence-corrected chi connectivity index (χ2v) is 9.23. The molecule has 6 heteroatoms. The molecule has 2 heterocycles. The summed E-state index contributed by atoms with van der Waals surface area (Å²) < 4.78 is 5.42. The van der Waals surface area contributed by atoms with Crippen LogP contribution in [0.3, 0.4) is 0 Å². The summed E-state index contributed by atoms with van der Waals surface area (Å²) in [4.78, 5) is 29.7. The van der Waals surface area contributed by atoms with E-state index >= 15 is 0 Å². The first-order chi connectivity index (χ1) is 14.2. The van der Waals surface area contributed by atoms with Crippen molar-refractivity contribution in [2.75, 3.05) is 33.3 Å². The number of esters is 1. The zero-order chi connectivity index (χ0) is 21.9. The van der Waals surface area contributed by atoms with Gasteiger partial charge in [-0.3, -0.25) is 9.80 Å². The molecule has 1 unspecified atom stereocenters. The van der Waals surface area contributed by atoms with Crippen molar-refractivity contribution in [2.24, 2.45) is 0 Å². The lowest BCUT2D eigenvalue weighted by molar-refractivity contribution is -0.139. The Morgan fingerprint density at radius 3 is 2.33 bits per heavy atom. The molecule has 0 aliphatic carbocycles. The van der Waals surface area contributed by atoms with Crippen molar-refractivity contribution in [3.8, 4) is 0 Å². The average Bonchev–Trinajstić information content (AvgIpc) is 2.71. The maximum absolute atomic E-state index is 13.0. The highest BCUT2D eigenvalue weighted by Gasteiger charge is 2.37. The molecule has 2 aliphatic heterocycles. The largest absolute Gasteiger partial charge is 0.463 e. The summed E-state index contributed by atoms with van der Waals surface area (Å²) in [5, 5.41) is 3.01. The Hall–Kier alpha value is -2.34. The van der Waals surface area contributed by atoms with Crippen molar-refractivity contribution in [3.05, 3.63) is 46.7 Å². The smallest absolute Gasteiger partial charge is 0.338 e. The number of carbonyl (C=O) groups excluding carboxylic acids is 2. The van der Waals surface area contributed by atoms with E-state index in [1.54, 1.807) is 18.9 Å².